The summed E-state index contributed by atoms with van der Waals surface area (Å²) in [6.07, 6.45) is 4.30. The number of aryl methyl sites for hydroxylation is 2. The Hall–Kier alpha value is -1.59. The molecule has 0 saturated carbocycles. The second kappa shape index (κ2) is 10.4. The molecule has 0 unspecified atom stereocenters. The Bertz CT molecular complexity index is 533. The zero-order chi connectivity index (χ0) is 18.1. The number of likely N-dealkylation sites (N-methyl/N-ethyl adjacent to an activating group) is 1. The van der Waals surface area contributed by atoms with E-state index in [2.05, 4.69) is 59.2 Å². The van der Waals surface area contributed by atoms with Gasteiger partial charge in [-0.2, -0.15) is 0 Å². The van der Waals surface area contributed by atoms with Gasteiger partial charge in [-0.05, 0) is 63.5 Å². The third-order valence-electron chi connectivity index (χ3n) is 4.98. The fourth-order valence-corrected chi connectivity index (χ4v) is 3.39. The molecule has 0 aromatic heterocycles. The van der Waals surface area contributed by atoms with Crippen molar-refractivity contribution in [2.45, 2.75) is 39.5 Å². The zero-order valence-corrected chi connectivity index (χ0v) is 16.2. The second-order valence-corrected chi connectivity index (χ2v) is 6.90. The largest absolute Gasteiger partial charge is 0.370 e. The van der Waals surface area contributed by atoms with Crippen molar-refractivity contribution < 1.29 is 0 Å². The van der Waals surface area contributed by atoms with Gasteiger partial charge in [-0.15, -0.1) is 0 Å². The lowest BCUT2D eigenvalue weighted by molar-refractivity contribution is 0.275. The van der Waals surface area contributed by atoms with E-state index in [1.807, 2.05) is 0 Å². The Balaban J connectivity index is 1.82. The number of nitrogens with two attached hydrogens (primary N) is 1. The van der Waals surface area contributed by atoms with E-state index in [4.69, 9.17) is 5.73 Å². The zero-order valence-electron chi connectivity index (χ0n) is 16.2. The molecule has 1 heterocycles. The molecule has 1 saturated heterocycles. The van der Waals surface area contributed by atoms with Crippen molar-refractivity contribution in [3.05, 3.63) is 29.3 Å². The highest BCUT2D eigenvalue weighted by molar-refractivity contribution is 5.93. The minimum Gasteiger partial charge on any atom is -0.370 e. The predicted octanol–water partition coefficient (Wildman–Crippen LogP) is 2.57. The monoisotopic (exact) mass is 345 g/mol. The van der Waals surface area contributed by atoms with Crippen molar-refractivity contribution in [3.63, 3.8) is 0 Å². The van der Waals surface area contributed by atoms with Gasteiger partial charge in [0.25, 0.3) is 0 Å². The maximum Gasteiger partial charge on any atom is 0.193 e. The van der Waals surface area contributed by atoms with Gasteiger partial charge in [-0.3, -0.25) is 4.99 Å². The third-order valence-corrected chi connectivity index (χ3v) is 4.98. The molecule has 0 aliphatic carbocycles. The van der Waals surface area contributed by atoms with Crippen LogP contribution in [0, 0.1) is 0 Å². The lowest BCUT2D eigenvalue weighted by atomic mass is 10.0. The molecule has 1 aromatic carbocycles. The summed E-state index contributed by atoms with van der Waals surface area (Å²) in [5.74, 6) is 0.534. The molecule has 25 heavy (non-hydrogen) atoms. The number of nitrogens with one attached hydrogen (secondary N) is 1. The summed E-state index contributed by atoms with van der Waals surface area (Å²) in [6, 6.07) is 6.44. The Labute approximate surface area is 153 Å². The maximum absolute atomic E-state index is 6.13. The summed E-state index contributed by atoms with van der Waals surface area (Å²) in [7, 11) is 2.21. The first-order chi connectivity index (χ1) is 12.1. The number of guanidine groups is 1. The van der Waals surface area contributed by atoms with Crippen molar-refractivity contribution >= 4 is 11.6 Å². The van der Waals surface area contributed by atoms with Gasteiger partial charge in [0.2, 0.25) is 0 Å². The van der Waals surface area contributed by atoms with Crippen LogP contribution in [0.1, 0.15) is 37.8 Å². The molecule has 3 N–H and O–H groups in total. The van der Waals surface area contributed by atoms with E-state index >= 15 is 0 Å². The Kier molecular flexibility index (Phi) is 8.22. The SMILES string of the molecule is CCc1cccc(CC)c1NC(N)=NCCCN1CCCN(C)CC1. The van der Waals surface area contributed by atoms with Crippen LogP contribution in [-0.4, -0.2) is 62.1 Å². The van der Waals surface area contributed by atoms with Gasteiger partial charge >= 0.3 is 0 Å². The van der Waals surface area contributed by atoms with Crippen LogP contribution in [0.5, 0.6) is 0 Å². The average Bonchev–Trinajstić information content (AvgIpc) is 2.83. The van der Waals surface area contributed by atoms with Crippen molar-refractivity contribution in [1.29, 1.82) is 0 Å². The molecule has 1 aliphatic heterocycles. The highest BCUT2D eigenvalue weighted by atomic mass is 15.2. The summed E-state index contributed by atoms with van der Waals surface area (Å²) in [6.45, 7) is 11.0. The average molecular weight is 346 g/mol. The van der Waals surface area contributed by atoms with E-state index < -0.39 is 0 Å². The quantitative estimate of drug-likeness (QED) is 0.453. The molecule has 5 heteroatoms. The molecule has 1 aliphatic rings. The normalized spacial score (nSPS) is 17.5. The van der Waals surface area contributed by atoms with Gasteiger partial charge in [0.1, 0.15) is 0 Å². The van der Waals surface area contributed by atoms with Crippen LogP contribution in [0.15, 0.2) is 23.2 Å². The molecular weight excluding hydrogens is 310 g/mol. The molecule has 0 bridgehead atoms. The topological polar surface area (TPSA) is 56.9 Å². The van der Waals surface area contributed by atoms with Crippen LogP contribution in [-0.2, 0) is 12.8 Å². The van der Waals surface area contributed by atoms with Gasteiger partial charge in [0, 0.05) is 25.3 Å². The van der Waals surface area contributed by atoms with Crippen LogP contribution in [0.4, 0.5) is 5.69 Å². The van der Waals surface area contributed by atoms with E-state index in [1.54, 1.807) is 0 Å². The number of hydrogen-bond acceptors (Lipinski definition) is 3. The minimum absolute atomic E-state index is 0.534. The Morgan fingerprint density at radius 2 is 1.84 bits per heavy atom. The van der Waals surface area contributed by atoms with E-state index in [9.17, 15) is 0 Å². The molecule has 140 valence electrons. The molecular formula is C20H35N5. The summed E-state index contributed by atoms with van der Waals surface area (Å²) < 4.78 is 0. The van der Waals surface area contributed by atoms with Crippen molar-refractivity contribution in [3.8, 4) is 0 Å². The number of rotatable bonds is 7. The van der Waals surface area contributed by atoms with Crippen LogP contribution in [0.2, 0.25) is 0 Å². The lowest BCUT2D eigenvalue weighted by Gasteiger charge is -2.19. The van der Waals surface area contributed by atoms with Gasteiger partial charge < -0.3 is 20.9 Å². The molecule has 0 radical (unpaired) electrons. The molecule has 0 spiro atoms. The number of nitrogens with zero attached hydrogens (tertiary/aromatic N) is 3. The Morgan fingerprint density at radius 3 is 2.52 bits per heavy atom. The molecule has 5 nitrogen and oxygen atoms in total. The summed E-state index contributed by atoms with van der Waals surface area (Å²) in [4.78, 5) is 9.50. The highest BCUT2D eigenvalue weighted by Gasteiger charge is 2.11. The van der Waals surface area contributed by atoms with Crippen LogP contribution >= 0.6 is 0 Å². The second-order valence-electron chi connectivity index (χ2n) is 6.90. The highest BCUT2D eigenvalue weighted by Crippen LogP contribution is 2.22. The van der Waals surface area contributed by atoms with Crippen molar-refractivity contribution in [1.82, 2.24) is 9.80 Å². The van der Waals surface area contributed by atoms with E-state index in [0.29, 0.717) is 5.96 Å². The minimum atomic E-state index is 0.534. The molecule has 2 rings (SSSR count). The summed E-state index contributed by atoms with van der Waals surface area (Å²) in [5.41, 5.74) is 9.87. The first-order valence-corrected chi connectivity index (χ1v) is 9.72. The van der Waals surface area contributed by atoms with Crippen LogP contribution < -0.4 is 11.1 Å². The number of hydrogen-bond donors (Lipinski definition) is 2. The standard InChI is InChI=1S/C20H35N5/c1-4-17-9-6-10-18(5-2)19(17)23-20(21)22-11-7-13-25-14-8-12-24(3)15-16-25/h6,9-10H,4-5,7-8,11-16H2,1-3H3,(H3,21,22,23). The molecule has 1 aromatic rings. The maximum atomic E-state index is 6.13. The van der Waals surface area contributed by atoms with Crippen LogP contribution in [0.3, 0.4) is 0 Å². The van der Waals surface area contributed by atoms with Crippen molar-refractivity contribution in [2.24, 2.45) is 10.7 Å². The third kappa shape index (κ3) is 6.33. The van der Waals surface area contributed by atoms with Gasteiger partial charge in [-0.1, -0.05) is 32.0 Å². The summed E-state index contributed by atoms with van der Waals surface area (Å²) >= 11 is 0. The van der Waals surface area contributed by atoms with Crippen molar-refractivity contribution in [2.75, 3.05) is 51.6 Å². The Morgan fingerprint density at radius 1 is 1.12 bits per heavy atom. The summed E-state index contributed by atoms with van der Waals surface area (Å²) in [5, 5.41) is 3.34. The van der Waals surface area contributed by atoms with E-state index in [-0.39, 0.29) is 0 Å². The number of para-hydroxylation sites is 1. The molecule has 1 fully saturated rings. The fraction of sp³-hybridized carbons (Fsp3) is 0.650. The van der Waals surface area contributed by atoms with Gasteiger partial charge in [0.05, 0.1) is 0 Å². The molecule has 0 amide bonds. The number of aliphatic imine (C=N–C) groups is 1. The number of anilines is 1. The smallest absolute Gasteiger partial charge is 0.193 e. The van der Waals surface area contributed by atoms with E-state index in [0.717, 1.165) is 44.6 Å². The first-order valence-electron chi connectivity index (χ1n) is 9.72. The van der Waals surface area contributed by atoms with Gasteiger partial charge in [0.15, 0.2) is 5.96 Å². The van der Waals surface area contributed by atoms with Gasteiger partial charge in [-0.25, -0.2) is 0 Å². The predicted molar refractivity (Wildman–Crippen MR) is 108 cm³/mol. The van der Waals surface area contributed by atoms with E-state index in [1.165, 1.54) is 37.2 Å². The first kappa shape index (κ1) is 19.7. The van der Waals surface area contributed by atoms with Crippen LogP contribution in [0.25, 0.3) is 0 Å². The number of benzene rings is 1. The fourth-order valence-electron chi connectivity index (χ4n) is 3.39. The lowest BCUT2D eigenvalue weighted by Crippen LogP contribution is -2.30. The molecule has 0 atom stereocenters.